The highest BCUT2D eigenvalue weighted by Crippen LogP contribution is 2.26. The summed E-state index contributed by atoms with van der Waals surface area (Å²) in [5.74, 6) is 0. The average molecular weight is 220 g/mol. The number of aromatic nitrogens is 1. The smallest absolute Gasteiger partial charge is 0.260 e. The van der Waals surface area contributed by atoms with Crippen molar-refractivity contribution in [2.75, 3.05) is 0 Å². The molecule has 2 aromatic rings. The van der Waals surface area contributed by atoms with Crippen LogP contribution in [0.4, 0.5) is 0 Å². The van der Waals surface area contributed by atoms with Gasteiger partial charge in [-0.15, -0.1) is 0 Å². The topological polar surface area (TPSA) is 52.0 Å². The fourth-order valence-corrected chi connectivity index (χ4v) is 1.93. The minimum Gasteiger partial charge on any atom is -0.439 e. The first-order valence-electron chi connectivity index (χ1n) is 4.67. The Kier molecular flexibility index (Phi) is 3.08. The maximum Gasteiger partial charge on any atom is 0.260 e. The first kappa shape index (κ1) is 10.3. The minimum atomic E-state index is 0.572. The van der Waals surface area contributed by atoms with Gasteiger partial charge in [-0.3, -0.25) is 0 Å². The number of nitrogens with zero attached hydrogens (tertiary/aromatic N) is 1. The van der Waals surface area contributed by atoms with Crippen LogP contribution in [-0.2, 0) is 6.54 Å². The fourth-order valence-electron chi connectivity index (χ4n) is 1.17. The standard InChI is InChI=1S/C11H12N2OS/c1-8-7-14-11(13-8)15-10-4-2-9(6-12)3-5-10/h2-5,7H,6,12H2,1H3. The number of rotatable bonds is 3. The molecule has 1 aromatic heterocycles. The highest BCUT2D eigenvalue weighted by Gasteiger charge is 2.02. The van der Waals surface area contributed by atoms with E-state index in [9.17, 15) is 0 Å². The monoisotopic (exact) mass is 220 g/mol. The second-order valence-electron chi connectivity index (χ2n) is 3.20. The molecule has 0 radical (unpaired) electrons. The molecule has 0 bridgehead atoms. The average Bonchev–Trinajstić information content (AvgIpc) is 2.65. The SMILES string of the molecule is Cc1coc(Sc2ccc(CN)cc2)n1. The molecule has 78 valence electrons. The number of oxazole rings is 1. The summed E-state index contributed by atoms with van der Waals surface area (Å²) in [6.07, 6.45) is 1.65. The van der Waals surface area contributed by atoms with E-state index in [1.165, 1.54) is 11.8 Å². The Hall–Kier alpha value is -1.26. The highest BCUT2D eigenvalue weighted by atomic mass is 32.2. The van der Waals surface area contributed by atoms with Crippen LogP contribution in [0.5, 0.6) is 0 Å². The molecule has 0 aliphatic heterocycles. The Balaban J connectivity index is 2.11. The predicted molar refractivity (Wildman–Crippen MR) is 59.7 cm³/mol. The van der Waals surface area contributed by atoms with E-state index in [0.717, 1.165) is 16.2 Å². The van der Waals surface area contributed by atoms with Gasteiger partial charge in [0.25, 0.3) is 5.22 Å². The van der Waals surface area contributed by atoms with Gasteiger partial charge in [-0.1, -0.05) is 12.1 Å². The highest BCUT2D eigenvalue weighted by molar-refractivity contribution is 7.99. The maximum absolute atomic E-state index is 5.52. The molecule has 1 aromatic carbocycles. The van der Waals surface area contributed by atoms with E-state index in [-0.39, 0.29) is 0 Å². The Labute approximate surface area is 92.7 Å². The first-order chi connectivity index (χ1) is 7.28. The van der Waals surface area contributed by atoms with Crippen molar-refractivity contribution in [2.24, 2.45) is 5.73 Å². The third-order valence-corrected chi connectivity index (χ3v) is 2.83. The molecule has 1 heterocycles. The van der Waals surface area contributed by atoms with Crippen LogP contribution in [0.25, 0.3) is 0 Å². The van der Waals surface area contributed by atoms with E-state index < -0.39 is 0 Å². The lowest BCUT2D eigenvalue weighted by atomic mass is 10.2. The van der Waals surface area contributed by atoms with Gasteiger partial charge in [-0.25, -0.2) is 4.98 Å². The Morgan fingerprint density at radius 1 is 1.33 bits per heavy atom. The van der Waals surface area contributed by atoms with Crippen molar-refractivity contribution in [3.8, 4) is 0 Å². The fraction of sp³-hybridized carbons (Fsp3) is 0.182. The van der Waals surface area contributed by atoms with Crippen molar-refractivity contribution in [1.29, 1.82) is 0 Å². The molecule has 0 saturated heterocycles. The summed E-state index contributed by atoms with van der Waals surface area (Å²) >= 11 is 1.51. The Bertz CT molecular complexity index is 436. The molecule has 0 fully saturated rings. The van der Waals surface area contributed by atoms with Crippen molar-refractivity contribution >= 4 is 11.8 Å². The van der Waals surface area contributed by atoms with Gasteiger partial charge in [0.05, 0.1) is 5.69 Å². The number of hydrogen-bond donors (Lipinski definition) is 1. The summed E-state index contributed by atoms with van der Waals surface area (Å²) in [6, 6.07) is 8.06. The molecule has 15 heavy (non-hydrogen) atoms. The molecule has 2 N–H and O–H groups in total. The van der Waals surface area contributed by atoms with Gasteiger partial charge >= 0.3 is 0 Å². The van der Waals surface area contributed by atoms with Crippen molar-refractivity contribution in [2.45, 2.75) is 23.6 Å². The van der Waals surface area contributed by atoms with E-state index in [1.807, 2.05) is 31.2 Å². The Morgan fingerprint density at radius 3 is 2.60 bits per heavy atom. The molecule has 0 aliphatic rings. The van der Waals surface area contributed by atoms with E-state index >= 15 is 0 Å². The molecule has 0 saturated carbocycles. The van der Waals surface area contributed by atoms with Crippen molar-refractivity contribution in [3.05, 3.63) is 41.8 Å². The van der Waals surface area contributed by atoms with E-state index in [4.69, 9.17) is 10.2 Å². The third kappa shape index (κ3) is 2.61. The summed E-state index contributed by atoms with van der Waals surface area (Å²) in [4.78, 5) is 5.33. The molecule has 0 aliphatic carbocycles. The summed E-state index contributed by atoms with van der Waals surface area (Å²) < 4.78 is 5.25. The first-order valence-corrected chi connectivity index (χ1v) is 5.48. The van der Waals surface area contributed by atoms with Gasteiger partial charge in [0.2, 0.25) is 0 Å². The maximum atomic E-state index is 5.52. The van der Waals surface area contributed by atoms with Crippen LogP contribution < -0.4 is 5.73 Å². The van der Waals surface area contributed by atoms with Gasteiger partial charge in [0, 0.05) is 11.4 Å². The molecule has 0 spiro atoms. The van der Waals surface area contributed by atoms with Crippen molar-refractivity contribution < 1.29 is 4.42 Å². The molecule has 4 heteroatoms. The van der Waals surface area contributed by atoms with Crippen LogP contribution >= 0.6 is 11.8 Å². The minimum absolute atomic E-state index is 0.572. The largest absolute Gasteiger partial charge is 0.439 e. The van der Waals surface area contributed by atoms with Gasteiger partial charge in [0.15, 0.2) is 0 Å². The number of hydrogen-bond acceptors (Lipinski definition) is 4. The lowest BCUT2D eigenvalue weighted by Crippen LogP contribution is -1.94. The van der Waals surface area contributed by atoms with Crippen molar-refractivity contribution in [3.63, 3.8) is 0 Å². The number of nitrogens with two attached hydrogens (primary N) is 1. The normalized spacial score (nSPS) is 10.5. The zero-order valence-corrected chi connectivity index (χ0v) is 9.25. The summed E-state index contributed by atoms with van der Waals surface area (Å²) in [5, 5.41) is 0.674. The van der Waals surface area contributed by atoms with Crippen LogP contribution in [-0.4, -0.2) is 4.98 Å². The summed E-state index contributed by atoms with van der Waals surface area (Å²) in [7, 11) is 0. The number of aryl methyl sites for hydroxylation is 1. The Morgan fingerprint density at radius 2 is 2.07 bits per heavy atom. The molecule has 0 unspecified atom stereocenters. The van der Waals surface area contributed by atoms with E-state index in [0.29, 0.717) is 11.8 Å². The molecular weight excluding hydrogens is 208 g/mol. The van der Waals surface area contributed by atoms with Gasteiger partial charge in [-0.05, 0) is 36.4 Å². The van der Waals surface area contributed by atoms with Crippen molar-refractivity contribution in [1.82, 2.24) is 4.98 Å². The van der Waals surface area contributed by atoms with Crippen LogP contribution in [0.3, 0.4) is 0 Å². The third-order valence-electron chi connectivity index (χ3n) is 1.96. The van der Waals surface area contributed by atoms with Crippen LogP contribution in [0, 0.1) is 6.92 Å². The van der Waals surface area contributed by atoms with E-state index in [1.54, 1.807) is 6.26 Å². The summed E-state index contributed by atoms with van der Waals surface area (Å²) in [5.41, 5.74) is 7.54. The zero-order chi connectivity index (χ0) is 10.7. The molecule has 2 rings (SSSR count). The number of benzene rings is 1. The van der Waals surface area contributed by atoms with Gasteiger partial charge in [0.1, 0.15) is 6.26 Å². The molecule has 0 atom stereocenters. The molecular formula is C11H12N2OS. The second-order valence-corrected chi connectivity index (χ2v) is 4.23. The predicted octanol–water partition coefficient (Wildman–Crippen LogP) is 2.59. The zero-order valence-electron chi connectivity index (χ0n) is 8.43. The van der Waals surface area contributed by atoms with Crippen LogP contribution in [0.1, 0.15) is 11.3 Å². The second kappa shape index (κ2) is 4.51. The van der Waals surface area contributed by atoms with Crippen LogP contribution in [0.15, 0.2) is 45.1 Å². The van der Waals surface area contributed by atoms with E-state index in [2.05, 4.69) is 4.98 Å². The van der Waals surface area contributed by atoms with Crippen LogP contribution in [0.2, 0.25) is 0 Å². The van der Waals surface area contributed by atoms with Gasteiger partial charge < -0.3 is 10.2 Å². The lowest BCUT2D eigenvalue weighted by Gasteiger charge is -1.98. The lowest BCUT2D eigenvalue weighted by molar-refractivity contribution is 0.454. The quantitative estimate of drug-likeness (QED) is 0.863. The molecule has 3 nitrogen and oxygen atoms in total. The van der Waals surface area contributed by atoms with Gasteiger partial charge in [-0.2, -0.15) is 0 Å². The summed E-state index contributed by atoms with van der Waals surface area (Å²) in [6.45, 7) is 2.48. The molecule has 0 amide bonds.